The summed E-state index contributed by atoms with van der Waals surface area (Å²) in [6.45, 7) is -0.510. The van der Waals surface area contributed by atoms with Gasteiger partial charge >= 0.3 is 5.97 Å². The van der Waals surface area contributed by atoms with Crippen LogP contribution in [0.15, 0.2) is 48.5 Å². The summed E-state index contributed by atoms with van der Waals surface area (Å²) >= 11 is 0. The van der Waals surface area contributed by atoms with Gasteiger partial charge in [0.05, 0.1) is 18.2 Å². The number of hydroxylamine groups is 2. The Bertz CT molecular complexity index is 873. The molecule has 3 rings (SSSR count). The molecule has 0 fully saturated rings. The smallest absolute Gasteiger partial charge is 0.352 e. The van der Waals surface area contributed by atoms with Crippen molar-refractivity contribution in [2.75, 3.05) is 13.7 Å². The number of fused-ring (bicyclic) bond motifs is 1. The fraction of sp³-hybridized carbons (Fsp3) is 0.111. The Morgan fingerprint density at radius 3 is 2.27 bits per heavy atom. The number of methoxy groups -OCH3 is 1. The van der Waals surface area contributed by atoms with E-state index in [2.05, 4.69) is 5.32 Å². The van der Waals surface area contributed by atoms with Crippen LogP contribution in [0.2, 0.25) is 0 Å². The molecule has 8 nitrogen and oxygen atoms in total. The van der Waals surface area contributed by atoms with Gasteiger partial charge in [-0.25, -0.2) is 4.79 Å². The average Bonchev–Trinajstić information content (AvgIpc) is 2.91. The van der Waals surface area contributed by atoms with Crippen molar-refractivity contribution in [1.29, 1.82) is 0 Å². The molecular weight excluding hydrogens is 340 g/mol. The number of hydrogen-bond acceptors (Lipinski definition) is 6. The summed E-state index contributed by atoms with van der Waals surface area (Å²) in [6, 6.07) is 12.5. The molecule has 1 N–H and O–H groups in total. The third kappa shape index (κ3) is 3.25. The van der Waals surface area contributed by atoms with Crippen LogP contribution < -0.4 is 10.1 Å². The fourth-order valence-electron chi connectivity index (χ4n) is 2.40. The lowest BCUT2D eigenvalue weighted by atomic mass is 10.1. The summed E-state index contributed by atoms with van der Waals surface area (Å²) in [5.41, 5.74) is 0.606. The zero-order valence-electron chi connectivity index (χ0n) is 13.7. The second-order valence-corrected chi connectivity index (χ2v) is 5.33. The van der Waals surface area contributed by atoms with Gasteiger partial charge in [-0.1, -0.05) is 23.3 Å². The maximum absolute atomic E-state index is 12.1. The molecule has 0 saturated heterocycles. The number of imide groups is 1. The first kappa shape index (κ1) is 17.2. The number of carbonyl (C=O) groups excluding carboxylic acids is 4. The maximum atomic E-state index is 12.1. The molecule has 132 valence electrons. The van der Waals surface area contributed by atoms with Gasteiger partial charge in [-0.15, -0.1) is 0 Å². The number of nitrogens with one attached hydrogen (secondary N) is 1. The van der Waals surface area contributed by atoms with Crippen molar-refractivity contribution in [3.8, 4) is 5.75 Å². The summed E-state index contributed by atoms with van der Waals surface area (Å²) in [4.78, 5) is 52.9. The molecule has 0 spiro atoms. The number of nitrogens with zero attached hydrogens (tertiary/aromatic N) is 1. The number of rotatable bonds is 5. The van der Waals surface area contributed by atoms with Crippen LogP contribution in [-0.4, -0.2) is 42.4 Å². The van der Waals surface area contributed by atoms with Gasteiger partial charge in [0.25, 0.3) is 17.7 Å². The molecule has 0 aromatic heterocycles. The van der Waals surface area contributed by atoms with Crippen molar-refractivity contribution in [3.63, 3.8) is 0 Å². The third-order valence-corrected chi connectivity index (χ3v) is 3.68. The van der Waals surface area contributed by atoms with Gasteiger partial charge in [-0.2, -0.15) is 0 Å². The second-order valence-electron chi connectivity index (χ2n) is 5.33. The molecule has 2 aromatic rings. The van der Waals surface area contributed by atoms with Crippen LogP contribution in [0.3, 0.4) is 0 Å². The lowest BCUT2D eigenvalue weighted by molar-refractivity contribution is -0.167. The molecule has 0 radical (unpaired) electrons. The van der Waals surface area contributed by atoms with E-state index in [4.69, 9.17) is 9.57 Å². The van der Waals surface area contributed by atoms with Gasteiger partial charge in [0, 0.05) is 5.56 Å². The first-order valence-corrected chi connectivity index (χ1v) is 7.62. The number of benzene rings is 2. The molecule has 1 heterocycles. The highest BCUT2D eigenvalue weighted by atomic mass is 16.7. The molecule has 2 aromatic carbocycles. The van der Waals surface area contributed by atoms with Crippen LogP contribution in [0.5, 0.6) is 5.75 Å². The normalized spacial score (nSPS) is 12.6. The summed E-state index contributed by atoms with van der Waals surface area (Å²) in [5, 5.41) is 2.75. The van der Waals surface area contributed by atoms with E-state index in [0.29, 0.717) is 10.8 Å². The van der Waals surface area contributed by atoms with Crippen molar-refractivity contribution in [2.45, 2.75) is 0 Å². The quantitative estimate of drug-likeness (QED) is 0.809. The van der Waals surface area contributed by atoms with Gasteiger partial charge in [0.2, 0.25) is 0 Å². The van der Waals surface area contributed by atoms with E-state index in [1.54, 1.807) is 30.3 Å². The van der Waals surface area contributed by atoms with Gasteiger partial charge in [-0.05, 0) is 30.3 Å². The van der Waals surface area contributed by atoms with E-state index in [0.717, 1.165) is 0 Å². The van der Waals surface area contributed by atoms with Crippen molar-refractivity contribution in [3.05, 3.63) is 65.2 Å². The molecule has 0 saturated carbocycles. The predicted octanol–water partition coefficient (Wildman–Crippen LogP) is 1.18. The highest BCUT2D eigenvalue weighted by Gasteiger charge is 2.38. The highest BCUT2D eigenvalue weighted by Crippen LogP contribution is 2.22. The van der Waals surface area contributed by atoms with Crippen molar-refractivity contribution < 1.29 is 28.8 Å². The predicted molar refractivity (Wildman–Crippen MR) is 88.4 cm³/mol. The zero-order chi connectivity index (χ0) is 18.7. The van der Waals surface area contributed by atoms with E-state index < -0.39 is 30.2 Å². The Labute approximate surface area is 148 Å². The summed E-state index contributed by atoms with van der Waals surface area (Å²) < 4.78 is 5.02. The Morgan fingerprint density at radius 2 is 1.65 bits per heavy atom. The monoisotopic (exact) mass is 354 g/mol. The first-order valence-electron chi connectivity index (χ1n) is 7.62. The third-order valence-electron chi connectivity index (χ3n) is 3.68. The topological polar surface area (TPSA) is 102 Å². The number of hydrogen-bond donors (Lipinski definition) is 1. The van der Waals surface area contributed by atoms with E-state index in [-0.39, 0.29) is 16.7 Å². The van der Waals surface area contributed by atoms with Crippen LogP contribution in [0, 0.1) is 0 Å². The minimum absolute atomic E-state index is 0.158. The highest BCUT2D eigenvalue weighted by molar-refractivity contribution is 6.20. The van der Waals surface area contributed by atoms with Crippen LogP contribution >= 0.6 is 0 Å². The Kier molecular flexibility index (Phi) is 4.66. The van der Waals surface area contributed by atoms with E-state index in [9.17, 15) is 19.2 Å². The Morgan fingerprint density at radius 1 is 1.00 bits per heavy atom. The van der Waals surface area contributed by atoms with Crippen molar-refractivity contribution in [1.82, 2.24) is 10.4 Å². The van der Waals surface area contributed by atoms with Crippen molar-refractivity contribution in [2.24, 2.45) is 0 Å². The van der Waals surface area contributed by atoms with Crippen molar-refractivity contribution >= 4 is 23.7 Å². The molecule has 0 aliphatic carbocycles. The van der Waals surface area contributed by atoms with Gasteiger partial charge < -0.3 is 14.9 Å². The second kappa shape index (κ2) is 7.06. The molecule has 1 aliphatic heterocycles. The fourth-order valence-corrected chi connectivity index (χ4v) is 2.40. The molecule has 1 aliphatic rings. The minimum Gasteiger partial charge on any atom is -0.497 e. The number of ether oxygens (including phenoxy) is 1. The SMILES string of the molecule is COc1cccc(C(=O)NCC(=O)ON2C(=O)c3ccccc3C2=O)c1. The summed E-state index contributed by atoms with van der Waals surface area (Å²) in [7, 11) is 1.47. The summed E-state index contributed by atoms with van der Waals surface area (Å²) in [5.74, 6) is -2.43. The van der Waals surface area contributed by atoms with Crippen LogP contribution in [0.25, 0.3) is 0 Å². The van der Waals surface area contributed by atoms with E-state index >= 15 is 0 Å². The van der Waals surface area contributed by atoms with Gasteiger partial charge in [0.1, 0.15) is 12.3 Å². The molecule has 0 bridgehead atoms. The maximum Gasteiger partial charge on any atom is 0.352 e. The molecule has 0 atom stereocenters. The average molecular weight is 354 g/mol. The van der Waals surface area contributed by atoms with Gasteiger partial charge in [-0.3, -0.25) is 14.4 Å². The molecular formula is C18H14N2O6. The number of amides is 3. The van der Waals surface area contributed by atoms with Crippen LogP contribution in [0.4, 0.5) is 0 Å². The molecule has 8 heteroatoms. The van der Waals surface area contributed by atoms with E-state index in [1.165, 1.54) is 25.3 Å². The minimum atomic E-state index is -0.948. The molecule has 0 unspecified atom stereocenters. The molecule has 26 heavy (non-hydrogen) atoms. The summed E-state index contributed by atoms with van der Waals surface area (Å²) in [6.07, 6.45) is 0. The first-order chi connectivity index (χ1) is 12.5. The lowest BCUT2D eigenvalue weighted by Crippen LogP contribution is -2.38. The van der Waals surface area contributed by atoms with Crippen LogP contribution in [0.1, 0.15) is 31.1 Å². The lowest BCUT2D eigenvalue weighted by Gasteiger charge is -2.13. The Balaban J connectivity index is 1.59. The standard InChI is InChI=1S/C18H14N2O6/c1-25-12-6-4-5-11(9-12)16(22)19-10-15(21)26-20-17(23)13-7-2-3-8-14(13)18(20)24/h2-9H,10H2,1H3,(H,19,22). The Hall–Kier alpha value is -3.68. The zero-order valence-corrected chi connectivity index (χ0v) is 13.7. The van der Waals surface area contributed by atoms with Crippen LogP contribution in [-0.2, 0) is 9.63 Å². The molecule has 3 amide bonds. The van der Waals surface area contributed by atoms with E-state index in [1.807, 2.05) is 0 Å². The number of carbonyl (C=O) groups is 4. The largest absolute Gasteiger partial charge is 0.497 e. The van der Waals surface area contributed by atoms with Gasteiger partial charge in [0.15, 0.2) is 0 Å².